The maximum absolute atomic E-state index is 9.33. The molecule has 0 aromatic carbocycles. The van der Waals surface area contributed by atoms with Gasteiger partial charge in [-0.15, -0.1) is 5.10 Å². The number of hydrogen-bond donors (Lipinski definition) is 1. The number of nitrogens with zero attached hydrogens (tertiary/aromatic N) is 6. The van der Waals surface area contributed by atoms with Crippen molar-refractivity contribution in [3.8, 4) is 11.9 Å². The summed E-state index contributed by atoms with van der Waals surface area (Å²) in [6.07, 6.45) is 4.74. The smallest absolute Gasteiger partial charge is 0.172 e. The van der Waals surface area contributed by atoms with E-state index in [4.69, 9.17) is 23.2 Å². The maximum Gasteiger partial charge on any atom is 0.172 e. The Kier molecular flexibility index (Phi) is 4.34. The molecule has 7 nitrogen and oxygen atoms in total. The van der Waals surface area contributed by atoms with Crippen molar-refractivity contribution in [1.82, 2.24) is 25.0 Å². The molecule has 0 fully saturated rings. The van der Waals surface area contributed by atoms with Crippen molar-refractivity contribution in [2.24, 2.45) is 0 Å². The second kappa shape index (κ2) is 6.43. The predicted octanol–water partition coefficient (Wildman–Crippen LogP) is 3.60. The Morgan fingerprint density at radius 1 is 1.21 bits per heavy atom. The van der Waals surface area contributed by atoms with Gasteiger partial charge in [-0.2, -0.15) is 15.5 Å². The summed E-state index contributed by atoms with van der Waals surface area (Å²) in [6, 6.07) is 3.72. The van der Waals surface area contributed by atoms with Crippen LogP contribution in [0.4, 0.5) is 11.5 Å². The number of halogens is 2. The fourth-order valence-corrected chi connectivity index (χ4v) is 2.52. The molecule has 3 heterocycles. The molecule has 0 amide bonds. The fraction of sp³-hybridized carbons (Fsp3) is 0.133. The highest BCUT2D eigenvalue weighted by Gasteiger charge is 2.13. The van der Waals surface area contributed by atoms with Crippen molar-refractivity contribution in [2.75, 3.05) is 5.32 Å². The van der Waals surface area contributed by atoms with Gasteiger partial charge in [0.25, 0.3) is 0 Å². The Balaban J connectivity index is 1.93. The van der Waals surface area contributed by atoms with Gasteiger partial charge in [-0.25, -0.2) is 9.67 Å². The van der Waals surface area contributed by atoms with Gasteiger partial charge < -0.3 is 5.32 Å². The standard InChI is InChI=1S/C15H11Cl2N7/c1-8-9(2)22-23-14(12(8)4-18)21-11-6-20-24(7-11)15-13(17)3-10(16)5-19-15/h3,5-7H,1-2H3,(H,21,23). The Morgan fingerprint density at radius 3 is 2.71 bits per heavy atom. The van der Waals surface area contributed by atoms with E-state index in [1.165, 1.54) is 10.9 Å². The third kappa shape index (κ3) is 3.02. The summed E-state index contributed by atoms with van der Waals surface area (Å²) in [6.45, 7) is 3.63. The normalized spacial score (nSPS) is 10.5. The summed E-state index contributed by atoms with van der Waals surface area (Å²) in [7, 11) is 0. The predicted molar refractivity (Wildman–Crippen MR) is 90.9 cm³/mol. The second-order valence-corrected chi connectivity index (χ2v) is 5.85. The van der Waals surface area contributed by atoms with Crippen LogP contribution in [0.15, 0.2) is 24.7 Å². The van der Waals surface area contributed by atoms with Gasteiger partial charge in [0.05, 0.1) is 33.8 Å². The average Bonchev–Trinajstić information content (AvgIpc) is 2.99. The van der Waals surface area contributed by atoms with Crippen molar-refractivity contribution in [1.29, 1.82) is 5.26 Å². The summed E-state index contributed by atoms with van der Waals surface area (Å²) in [5.41, 5.74) is 2.56. The zero-order valence-corrected chi connectivity index (χ0v) is 14.3. The van der Waals surface area contributed by atoms with E-state index in [2.05, 4.69) is 31.7 Å². The molecule has 0 aliphatic carbocycles. The summed E-state index contributed by atoms with van der Waals surface area (Å²) < 4.78 is 1.50. The third-order valence-electron chi connectivity index (χ3n) is 3.42. The van der Waals surface area contributed by atoms with E-state index in [9.17, 15) is 5.26 Å². The average molecular weight is 360 g/mol. The molecule has 0 saturated carbocycles. The molecule has 0 atom stereocenters. The van der Waals surface area contributed by atoms with Gasteiger partial charge >= 0.3 is 0 Å². The molecule has 0 bridgehead atoms. The Bertz CT molecular complexity index is 959. The number of anilines is 2. The summed E-state index contributed by atoms with van der Waals surface area (Å²) >= 11 is 12.0. The van der Waals surface area contributed by atoms with Crippen LogP contribution in [-0.2, 0) is 0 Å². The SMILES string of the molecule is Cc1nnc(Nc2cnn(-c3ncc(Cl)cc3Cl)c2)c(C#N)c1C. The lowest BCUT2D eigenvalue weighted by molar-refractivity contribution is 0.847. The zero-order chi connectivity index (χ0) is 17.3. The summed E-state index contributed by atoms with van der Waals surface area (Å²) in [5.74, 6) is 0.816. The van der Waals surface area contributed by atoms with E-state index < -0.39 is 0 Å². The quantitative estimate of drug-likeness (QED) is 0.767. The van der Waals surface area contributed by atoms with E-state index in [1.807, 2.05) is 6.92 Å². The van der Waals surface area contributed by atoms with Gasteiger partial charge in [-0.3, -0.25) is 0 Å². The minimum absolute atomic E-state index is 0.371. The highest BCUT2D eigenvalue weighted by atomic mass is 35.5. The number of hydrogen-bond acceptors (Lipinski definition) is 6. The minimum Gasteiger partial charge on any atom is -0.335 e. The monoisotopic (exact) mass is 359 g/mol. The number of pyridine rings is 1. The Labute approximate surface area is 147 Å². The molecule has 3 aromatic rings. The molecular weight excluding hydrogens is 349 g/mol. The van der Waals surface area contributed by atoms with E-state index in [0.29, 0.717) is 38.6 Å². The van der Waals surface area contributed by atoms with E-state index in [1.54, 1.807) is 25.4 Å². The lowest BCUT2D eigenvalue weighted by Crippen LogP contribution is -2.03. The Morgan fingerprint density at radius 2 is 2.00 bits per heavy atom. The van der Waals surface area contributed by atoms with Crippen LogP contribution in [0.3, 0.4) is 0 Å². The lowest BCUT2D eigenvalue weighted by atomic mass is 10.1. The van der Waals surface area contributed by atoms with Crippen LogP contribution >= 0.6 is 23.2 Å². The van der Waals surface area contributed by atoms with Gasteiger partial charge in [-0.05, 0) is 25.5 Å². The first-order chi connectivity index (χ1) is 11.5. The van der Waals surface area contributed by atoms with Gasteiger partial charge in [0.1, 0.15) is 11.6 Å². The van der Waals surface area contributed by atoms with Gasteiger partial charge in [0, 0.05) is 6.20 Å². The van der Waals surface area contributed by atoms with Crippen molar-refractivity contribution < 1.29 is 0 Å². The Hall–Kier alpha value is -2.69. The molecule has 0 saturated heterocycles. The molecule has 3 rings (SSSR count). The first-order valence-electron chi connectivity index (χ1n) is 6.86. The highest BCUT2D eigenvalue weighted by molar-refractivity contribution is 6.35. The molecule has 120 valence electrons. The van der Waals surface area contributed by atoms with Gasteiger partial charge in [0.2, 0.25) is 0 Å². The van der Waals surface area contributed by atoms with Gasteiger partial charge in [-0.1, -0.05) is 23.2 Å². The van der Waals surface area contributed by atoms with Crippen LogP contribution in [0.2, 0.25) is 10.0 Å². The number of nitriles is 1. The van der Waals surface area contributed by atoms with Crippen molar-refractivity contribution >= 4 is 34.7 Å². The minimum atomic E-state index is 0.371. The molecular formula is C15H11Cl2N7. The van der Waals surface area contributed by atoms with Crippen LogP contribution in [0.5, 0.6) is 0 Å². The largest absolute Gasteiger partial charge is 0.335 e. The van der Waals surface area contributed by atoms with Crippen molar-refractivity contribution in [2.45, 2.75) is 13.8 Å². The number of aryl methyl sites for hydroxylation is 1. The van der Waals surface area contributed by atoms with Crippen molar-refractivity contribution in [3.05, 3.63) is 51.5 Å². The second-order valence-electron chi connectivity index (χ2n) is 5.00. The number of aromatic nitrogens is 5. The first kappa shape index (κ1) is 16.2. The molecule has 24 heavy (non-hydrogen) atoms. The zero-order valence-electron chi connectivity index (χ0n) is 12.7. The third-order valence-corrected chi connectivity index (χ3v) is 3.90. The molecule has 0 aliphatic heterocycles. The molecule has 9 heteroatoms. The van der Waals surface area contributed by atoms with E-state index in [-0.39, 0.29) is 0 Å². The van der Waals surface area contributed by atoms with Crippen LogP contribution in [0, 0.1) is 25.2 Å². The molecule has 1 N–H and O–H groups in total. The molecule has 0 aliphatic rings. The van der Waals surface area contributed by atoms with Gasteiger partial charge in [0.15, 0.2) is 11.6 Å². The van der Waals surface area contributed by atoms with Crippen LogP contribution in [0.1, 0.15) is 16.8 Å². The summed E-state index contributed by atoms with van der Waals surface area (Å²) in [5, 5.41) is 25.5. The van der Waals surface area contributed by atoms with Crippen LogP contribution in [-0.4, -0.2) is 25.0 Å². The molecule has 0 unspecified atom stereocenters. The molecule has 3 aromatic heterocycles. The lowest BCUT2D eigenvalue weighted by Gasteiger charge is -2.07. The fourth-order valence-electron chi connectivity index (χ4n) is 2.05. The summed E-state index contributed by atoms with van der Waals surface area (Å²) in [4.78, 5) is 4.16. The maximum atomic E-state index is 9.33. The van der Waals surface area contributed by atoms with Crippen LogP contribution in [0.25, 0.3) is 5.82 Å². The molecule has 0 radical (unpaired) electrons. The first-order valence-corrected chi connectivity index (χ1v) is 7.62. The highest BCUT2D eigenvalue weighted by Crippen LogP contribution is 2.24. The number of rotatable bonds is 3. The van der Waals surface area contributed by atoms with Crippen molar-refractivity contribution in [3.63, 3.8) is 0 Å². The van der Waals surface area contributed by atoms with E-state index >= 15 is 0 Å². The molecule has 0 spiro atoms. The number of nitrogens with one attached hydrogen (secondary N) is 1. The van der Waals surface area contributed by atoms with E-state index in [0.717, 1.165) is 5.56 Å². The van der Waals surface area contributed by atoms with Crippen LogP contribution < -0.4 is 5.32 Å². The topological polar surface area (TPSA) is 92.3 Å².